The quantitative estimate of drug-likeness (QED) is 0.490. The second kappa shape index (κ2) is 7.23. The fourth-order valence-electron chi connectivity index (χ4n) is 2.38. The van der Waals surface area contributed by atoms with Crippen LogP contribution < -0.4 is 5.32 Å². The maximum atomic E-state index is 12.4. The number of rotatable bonds is 4. The SMILES string of the molecule is Cc1ccc(-c2csc(NC(=O)c3ccc(Cl)cc3[N+](=O)[O-])n2)cc1C. The first-order valence-electron chi connectivity index (χ1n) is 7.63. The molecule has 0 unspecified atom stereocenters. The summed E-state index contributed by atoms with van der Waals surface area (Å²) in [6.45, 7) is 4.05. The summed E-state index contributed by atoms with van der Waals surface area (Å²) in [4.78, 5) is 27.3. The van der Waals surface area contributed by atoms with Crippen LogP contribution in [0.25, 0.3) is 11.3 Å². The zero-order valence-electron chi connectivity index (χ0n) is 13.9. The van der Waals surface area contributed by atoms with E-state index in [1.165, 1.54) is 29.0 Å². The van der Waals surface area contributed by atoms with E-state index >= 15 is 0 Å². The van der Waals surface area contributed by atoms with Crippen LogP contribution in [0.15, 0.2) is 41.8 Å². The lowest BCUT2D eigenvalue weighted by Gasteiger charge is -2.04. The van der Waals surface area contributed by atoms with E-state index in [-0.39, 0.29) is 16.3 Å². The van der Waals surface area contributed by atoms with Crippen LogP contribution >= 0.6 is 22.9 Å². The van der Waals surface area contributed by atoms with Crippen LogP contribution in [0, 0.1) is 24.0 Å². The van der Waals surface area contributed by atoms with Gasteiger partial charge in [-0.25, -0.2) is 4.98 Å². The number of amides is 1. The Balaban J connectivity index is 1.84. The average Bonchev–Trinajstić information content (AvgIpc) is 3.05. The van der Waals surface area contributed by atoms with Gasteiger partial charge in [0.2, 0.25) is 0 Å². The lowest BCUT2D eigenvalue weighted by molar-refractivity contribution is -0.385. The summed E-state index contributed by atoms with van der Waals surface area (Å²) >= 11 is 7.03. The normalized spacial score (nSPS) is 10.6. The highest BCUT2D eigenvalue weighted by atomic mass is 35.5. The Labute approximate surface area is 158 Å². The Bertz CT molecular complexity index is 1020. The number of carbonyl (C=O) groups is 1. The molecule has 8 heteroatoms. The molecule has 0 atom stereocenters. The van der Waals surface area contributed by atoms with E-state index in [9.17, 15) is 14.9 Å². The van der Waals surface area contributed by atoms with Crippen molar-refractivity contribution in [2.75, 3.05) is 5.32 Å². The van der Waals surface area contributed by atoms with Crippen LogP contribution in [0.3, 0.4) is 0 Å². The maximum absolute atomic E-state index is 12.4. The lowest BCUT2D eigenvalue weighted by Crippen LogP contribution is -2.13. The molecule has 1 N–H and O–H groups in total. The van der Waals surface area contributed by atoms with Gasteiger partial charge in [-0.2, -0.15) is 0 Å². The molecule has 0 saturated heterocycles. The third kappa shape index (κ3) is 3.74. The lowest BCUT2D eigenvalue weighted by atomic mass is 10.1. The fourth-order valence-corrected chi connectivity index (χ4v) is 3.26. The molecule has 0 radical (unpaired) electrons. The molecule has 26 heavy (non-hydrogen) atoms. The molecular weight excluding hydrogens is 374 g/mol. The van der Waals surface area contributed by atoms with Gasteiger partial charge < -0.3 is 0 Å². The first-order valence-corrected chi connectivity index (χ1v) is 8.89. The number of hydrogen-bond acceptors (Lipinski definition) is 5. The van der Waals surface area contributed by atoms with Gasteiger partial charge in [0.15, 0.2) is 5.13 Å². The van der Waals surface area contributed by atoms with Crippen molar-refractivity contribution < 1.29 is 9.72 Å². The molecule has 1 amide bonds. The van der Waals surface area contributed by atoms with Crippen molar-refractivity contribution in [2.24, 2.45) is 0 Å². The number of halogens is 1. The number of hydrogen-bond donors (Lipinski definition) is 1. The molecule has 132 valence electrons. The molecule has 3 aromatic rings. The molecule has 0 saturated carbocycles. The molecule has 0 fully saturated rings. The summed E-state index contributed by atoms with van der Waals surface area (Å²) in [6, 6.07) is 9.92. The minimum atomic E-state index is -0.636. The third-order valence-corrected chi connectivity index (χ3v) is 4.92. The minimum Gasteiger partial charge on any atom is -0.298 e. The Hall–Kier alpha value is -2.77. The van der Waals surface area contributed by atoms with E-state index in [4.69, 9.17) is 11.6 Å². The first-order chi connectivity index (χ1) is 12.3. The number of anilines is 1. The first kappa shape index (κ1) is 18.0. The van der Waals surface area contributed by atoms with Gasteiger partial charge in [0.25, 0.3) is 11.6 Å². The average molecular weight is 388 g/mol. The van der Waals surface area contributed by atoms with Crippen molar-refractivity contribution in [3.05, 3.63) is 73.6 Å². The molecule has 1 aromatic heterocycles. The summed E-state index contributed by atoms with van der Waals surface area (Å²) in [7, 11) is 0. The molecule has 0 bridgehead atoms. The van der Waals surface area contributed by atoms with E-state index in [0.29, 0.717) is 5.13 Å². The number of nitrogens with zero attached hydrogens (tertiary/aromatic N) is 2. The molecule has 1 heterocycles. The van der Waals surface area contributed by atoms with Gasteiger partial charge in [0.1, 0.15) is 5.56 Å². The van der Waals surface area contributed by atoms with E-state index in [2.05, 4.69) is 10.3 Å². The zero-order valence-corrected chi connectivity index (χ0v) is 15.5. The van der Waals surface area contributed by atoms with Gasteiger partial charge in [-0.15, -0.1) is 11.3 Å². The standard InChI is InChI=1S/C18H14ClN3O3S/c1-10-3-4-12(7-11(10)2)15-9-26-18(20-15)21-17(23)14-6-5-13(19)8-16(14)22(24)25/h3-9H,1-2H3,(H,20,21,23). The molecule has 3 rings (SSSR count). The van der Waals surface area contributed by atoms with Crippen LogP contribution in [-0.2, 0) is 0 Å². The summed E-state index contributed by atoms with van der Waals surface area (Å²) in [5.41, 5.74) is 3.61. The van der Waals surface area contributed by atoms with Gasteiger partial charge in [-0.3, -0.25) is 20.2 Å². The van der Waals surface area contributed by atoms with Crippen LogP contribution in [0.2, 0.25) is 5.02 Å². The molecule has 0 aliphatic rings. The van der Waals surface area contributed by atoms with Crippen molar-refractivity contribution in [3.63, 3.8) is 0 Å². The number of aromatic nitrogens is 1. The number of aryl methyl sites for hydroxylation is 2. The smallest absolute Gasteiger partial charge is 0.283 e. The van der Waals surface area contributed by atoms with Crippen molar-refractivity contribution >= 4 is 39.7 Å². The van der Waals surface area contributed by atoms with Crippen LogP contribution in [0.1, 0.15) is 21.5 Å². The van der Waals surface area contributed by atoms with Crippen LogP contribution in [-0.4, -0.2) is 15.8 Å². The fraction of sp³-hybridized carbons (Fsp3) is 0.111. The summed E-state index contributed by atoms with van der Waals surface area (Å²) in [5.74, 6) is -0.602. The van der Waals surface area contributed by atoms with Gasteiger partial charge in [-0.05, 0) is 43.2 Å². The van der Waals surface area contributed by atoms with Gasteiger partial charge in [0, 0.05) is 22.0 Å². The van der Waals surface area contributed by atoms with Crippen LogP contribution in [0.4, 0.5) is 10.8 Å². The Morgan fingerprint density at radius 1 is 1.19 bits per heavy atom. The third-order valence-electron chi connectivity index (χ3n) is 3.93. The van der Waals surface area contributed by atoms with Crippen molar-refractivity contribution in [2.45, 2.75) is 13.8 Å². The molecule has 6 nitrogen and oxygen atoms in total. The Kier molecular flexibility index (Phi) is 5.01. The van der Waals surface area contributed by atoms with Crippen molar-refractivity contribution in [1.29, 1.82) is 0 Å². The summed E-state index contributed by atoms with van der Waals surface area (Å²) in [5, 5.41) is 16.1. The van der Waals surface area contributed by atoms with E-state index in [1.54, 1.807) is 0 Å². The highest BCUT2D eigenvalue weighted by Crippen LogP contribution is 2.28. The van der Waals surface area contributed by atoms with E-state index in [0.717, 1.165) is 22.9 Å². The second-order valence-electron chi connectivity index (χ2n) is 5.71. The molecule has 0 spiro atoms. The summed E-state index contributed by atoms with van der Waals surface area (Å²) in [6.07, 6.45) is 0. The monoisotopic (exact) mass is 387 g/mol. The van der Waals surface area contributed by atoms with Crippen molar-refractivity contribution in [1.82, 2.24) is 4.98 Å². The molecule has 2 aromatic carbocycles. The Morgan fingerprint density at radius 3 is 2.65 bits per heavy atom. The highest BCUT2D eigenvalue weighted by Gasteiger charge is 2.21. The molecular formula is C18H14ClN3O3S. The van der Waals surface area contributed by atoms with Crippen LogP contribution in [0.5, 0.6) is 0 Å². The number of benzene rings is 2. The van der Waals surface area contributed by atoms with E-state index < -0.39 is 10.8 Å². The number of nitrogens with one attached hydrogen (secondary N) is 1. The number of carbonyl (C=O) groups excluding carboxylic acids is 1. The highest BCUT2D eigenvalue weighted by molar-refractivity contribution is 7.14. The number of nitro groups is 1. The van der Waals surface area contributed by atoms with E-state index in [1.807, 2.05) is 37.4 Å². The molecule has 0 aliphatic heterocycles. The largest absolute Gasteiger partial charge is 0.298 e. The topological polar surface area (TPSA) is 85.1 Å². The Morgan fingerprint density at radius 2 is 1.96 bits per heavy atom. The second-order valence-corrected chi connectivity index (χ2v) is 7.00. The maximum Gasteiger partial charge on any atom is 0.283 e. The van der Waals surface area contributed by atoms with Crippen molar-refractivity contribution in [3.8, 4) is 11.3 Å². The predicted molar refractivity (Wildman–Crippen MR) is 103 cm³/mol. The number of nitro benzene ring substituents is 1. The van der Waals surface area contributed by atoms with Gasteiger partial charge in [-0.1, -0.05) is 23.7 Å². The minimum absolute atomic E-state index is 0.0673. The zero-order chi connectivity index (χ0) is 18.8. The summed E-state index contributed by atoms with van der Waals surface area (Å²) < 4.78 is 0. The van der Waals surface area contributed by atoms with Gasteiger partial charge in [0.05, 0.1) is 10.6 Å². The van der Waals surface area contributed by atoms with Gasteiger partial charge >= 0.3 is 0 Å². The molecule has 0 aliphatic carbocycles. The predicted octanol–water partition coefficient (Wildman–Crippen LogP) is 5.24. The number of thiazole rings is 1.